The second kappa shape index (κ2) is 51.2. The molecule has 0 aliphatic rings. The molecule has 0 radical (unpaired) electrons. The zero-order valence-corrected chi connectivity index (χ0v) is 40.3. The van der Waals surface area contributed by atoms with Crippen LogP contribution in [0, 0.1) is 0 Å². The fraction of sp³-hybridized carbons (Fsp3) is 0.909. The lowest BCUT2D eigenvalue weighted by atomic mass is 10.0. The highest BCUT2D eigenvalue weighted by Gasteiger charge is 2.18. The van der Waals surface area contributed by atoms with Gasteiger partial charge in [-0.25, -0.2) is 0 Å². The van der Waals surface area contributed by atoms with E-state index in [9.17, 15) is 15.0 Å². The van der Waals surface area contributed by atoms with Crippen LogP contribution < -0.4 is 5.32 Å². The Morgan fingerprint density at radius 3 is 0.932 bits per heavy atom. The van der Waals surface area contributed by atoms with Gasteiger partial charge in [0, 0.05) is 6.42 Å². The third-order valence-corrected chi connectivity index (χ3v) is 12.7. The van der Waals surface area contributed by atoms with Gasteiger partial charge in [-0.1, -0.05) is 276 Å². The van der Waals surface area contributed by atoms with Gasteiger partial charge in [0.05, 0.1) is 18.8 Å². The molecule has 0 aliphatic heterocycles. The first-order valence-electron chi connectivity index (χ1n) is 27.1. The van der Waals surface area contributed by atoms with Gasteiger partial charge in [0.2, 0.25) is 5.91 Å². The molecule has 0 aromatic carbocycles. The van der Waals surface area contributed by atoms with Crippen LogP contribution >= 0.6 is 0 Å². The Kier molecular flexibility index (Phi) is 50.2. The minimum atomic E-state index is -0.841. The van der Waals surface area contributed by atoms with Crippen molar-refractivity contribution >= 4 is 5.91 Å². The maximum absolute atomic E-state index is 12.4. The average Bonchev–Trinajstić information content (AvgIpc) is 3.24. The molecule has 0 fully saturated rings. The fourth-order valence-electron chi connectivity index (χ4n) is 8.53. The van der Waals surface area contributed by atoms with E-state index in [4.69, 9.17) is 0 Å². The maximum Gasteiger partial charge on any atom is 0.220 e. The van der Waals surface area contributed by atoms with E-state index in [-0.39, 0.29) is 12.5 Å². The van der Waals surface area contributed by atoms with Gasteiger partial charge < -0.3 is 15.5 Å². The van der Waals surface area contributed by atoms with E-state index in [2.05, 4.69) is 31.3 Å². The molecule has 0 bridgehead atoms. The largest absolute Gasteiger partial charge is 0.394 e. The Labute approximate surface area is 370 Å². The molecule has 2 unspecified atom stereocenters. The molecule has 0 aromatic rings. The Morgan fingerprint density at radius 2 is 0.644 bits per heavy atom. The average molecular weight is 830 g/mol. The summed E-state index contributed by atoms with van der Waals surface area (Å²) in [5, 5.41) is 23.1. The van der Waals surface area contributed by atoms with Crippen LogP contribution in [0.5, 0.6) is 0 Å². The number of carbonyl (C=O) groups excluding carboxylic acids is 1. The Balaban J connectivity index is 3.42. The molecule has 4 heteroatoms. The molecule has 0 aromatic heterocycles. The SMILES string of the molecule is CCCCCCC/C=C\CCCCCCCC(=O)NC(CO)C(O)/C=C/CCCCCCCCCCCCCCCCCCCCCCCCCCCCCCCCC. The van der Waals surface area contributed by atoms with Crippen LogP contribution in [0.25, 0.3) is 0 Å². The fourth-order valence-corrected chi connectivity index (χ4v) is 8.53. The van der Waals surface area contributed by atoms with Gasteiger partial charge >= 0.3 is 0 Å². The lowest BCUT2D eigenvalue weighted by Crippen LogP contribution is -2.45. The van der Waals surface area contributed by atoms with Crippen molar-refractivity contribution in [3.8, 4) is 0 Å². The van der Waals surface area contributed by atoms with Crippen LogP contribution in [-0.4, -0.2) is 34.9 Å². The van der Waals surface area contributed by atoms with Gasteiger partial charge in [-0.2, -0.15) is 0 Å². The van der Waals surface area contributed by atoms with E-state index >= 15 is 0 Å². The van der Waals surface area contributed by atoms with Gasteiger partial charge in [0.15, 0.2) is 0 Å². The number of hydrogen-bond acceptors (Lipinski definition) is 3. The molecule has 0 saturated carbocycles. The van der Waals surface area contributed by atoms with Crippen molar-refractivity contribution in [2.45, 2.75) is 315 Å². The van der Waals surface area contributed by atoms with Crippen LogP contribution in [0.1, 0.15) is 303 Å². The van der Waals surface area contributed by atoms with Crippen molar-refractivity contribution < 1.29 is 15.0 Å². The van der Waals surface area contributed by atoms with Gasteiger partial charge in [-0.3, -0.25) is 4.79 Å². The van der Waals surface area contributed by atoms with E-state index in [1.54, 1.807) is 6.08 Å². The molecule has 0 aliphatic carbocycles. The minimum Gasteiger partial charge on any atom is -0.394 e. The van der Waals surface area contributed by atoms with E-state index in [0.29, 0.717) is 6.42 Å². The number of aliphatic hydroxyl groups excluding tert-OH is 2. The molecular weight excluding hydrogens is 723 g/mol. The highest BCUT2D eigenvalue weighted by atomic mass is 16.3. The summed E-state index contributed by atoms with van der Waals surface area (Å²) in [6.45, 7) is 4.32. The predicted molar refractivity (Wildman–Crippen MR) is 262 cm³/mol. The lowest BCUT2D eigenvalue weighted by molar-refractivity contribution is -0.123. The van der Waals surface area contributed by atoms with Crippen molar-refractivity contribution in [2.24, 2.45) is 0 Å². The number of amides is 1. The number of unbranched alkanes of at least 4 members (excludes halogenated alkanes) is 41. The van der Waals surface area contributed by atoms with Crippen LogP contribution in [0.4, 0.5) is 0 Å². The smallest absolute Gasteiger partial charge is 0.220 e. The van der Waals surface area contributed by atoms with Crippen molar-refractivity contribution in [3.05, 3.63) is 24.3 Å². The Morgan fingerprint density at radius 1 is 0.390 bits per heavy atom. The molecule has 0 saturated heterocycles. The zero-order valence-electron chi connectivity index (χ0n) is 40.3. The van der Waals surface area contributed by atoms with E-state index in [0.717, 1.165) is 32.1 Å². The molecule has 350 valence electrons. The molecular formula is C55H107NO3. The van der Waals surface area contributed by atoms with Gasteiger partial charge in [-0.05, 0) is 44.9 Å². The number of rotatable bonds is 50. The maximum atomic E-state index is 12.4. The van der Waals surface area contributed by atoms with Gasteiger partial charge in [0.25, 0.3) is 0 Å². The second-order valence-electron chi connectivity index (χ2n) is 18.7. The standard InChI is InChI=1S/C55H107NO3/c1-3-5-7-9-11-13-15-17-19-20-21-22-23-24-25-26-27-28-29-30-31-32-33-34-35-36-37-38-40-42-44-46-48-50-54(58)53(52-57)56-55(59)51-49-47-45-43-41-39-18-16-14-12-10-8-6-4-2/h16,18,48,50,53-54,57-58H,3-15,17,19-47,49,51-52H2,1-2H3,(H,56,59)/b18-16-,50-48+. The topological polar surface area (TPSA) is 69.6 Å². The second-order valence-corrected chi connectivity index (χ2v) is 18.7. The molecule has 0 rings (SSSR count). The van der Waals surface area contributed by atoms with E-state index in [1.807, 2.05) is 6.08 Å². The molecule has 1 amide bonds. The predicted octanol–water partition coefficient (Wildman–Crippen LogP) is 17.5. The summed E-state index contributed by atoms with van der Waals surface area (Å²) in [4.78, 5) is 12.4. The summed E-state index contributed by atoms with van der Waals surface area (Å²) in [7, 11) is 0. The number of allylic oxidation sites excluding steroid dienone is 3. The van der Waals surface area contributed by atoms with Crippen molar-refractivity contribution in [1.82, 2.24) is 5.32 Å². The lowest BCUT2D eigenvalue weighted by Gasteiger charge is -2.20. The summed E-state index contributed by atoms with van der Waals surface area (Å²) < 4.78 is 0. The quantitative estimate of drug-likeness (QED) is 0.0422. The first-order chi connectivity index (χ1) is 29.2. The summed E-state index contributed by atoms with van der Waals surface area (Å²) in [5.41, 5.74) is 0. The van der Waals surface area contributed by atoms with Gasteiger partial charge in [0.1, 0.15) is 0 Å². The monoisotopic (exact) mass is 830 g/mol. The van der Waals surface area contributed by atoms with Crippen molar-refractivity contribution in [3.63, 3.8) is 0 Å². The van der Waals surface area contributed by atoms with E-state index < -0.39 is 12.1 Å². The minimum absolute atomic E-state index is 0.0699. The van der Waals surface area contributed by atoms with Gasteiger partial charge in [-0.15, -0.1) is 0 Å². The number of aliphatic hydroxyl groups is 2. The number of nitrogens with one attached hydrogen (secondary N) is 1. The molecule has 4 nitrogen and oxygen atoms in total. The summed E-state index contributed by atoms with van der Waals surface area (Å²) in [6.07, 6.45) is 67.7. The van der Waals surface area contributed by atoms with Crippen molar-refractivity contribution in [1.29, 1.82) is 0 Å². The Hall–Kier alpha value is -1.13. The zero-order chi connectivity index (χ0) is 42.8. The van der Waals surface area contributed by atoms with Crippen LogP contribution in [0.3, 0.4) is 0 Å². The molecule has 3 N–H and O–H groups in total. The van der Waals surface area contributed by atoms with Crippen LogP contribution in [0.15, 0.2) is 24.3 Å². The number of carbonyl (C=O) groups is 1. The Bertz CT molecular complexity index is 855. The first-order valence-corrected chi connectivity index (χ1v) is 27.1. The molecule has 59 heavy (non-hydrogen) atoms. The molecule has 0 heterocycles. The van der Waals surface area contributed by atoms with Crippen LogP contribution in [-0.2, 0) is 4.79 Å². The third-order valence-electron chi connectivity index (χ3n) is 12.7. The highest BCUT2D eigenvalue weighted by Crippen LogP contribution is 2.17. The summed E-state index contributed by atoms with van der Waals surface area (Å²) in [5.74, 6) is -0.0699. The van der Waals surface area contributed by atoms with Crippen molar-refractivity contribution in [2.75, 3.05) is 6.61 Å². The van der Waals surface area contributed by atoms with Crippen LogP contribution in [0.2, 0.25) is 0 Å². The normalized spacial score (nSPS) is 12.9. The highest BCUT2D eigenvalue weighted by molar-refractivity contribution is 5.76. The molecule has 2 atom stereocenters. The molecule has 0 spiro atoms. The number of hydrogen-bond donors (Lipinski definition) is 3. The third kappa shape index (κ3) is 47.8. The first kappa shape index (κ1) is 57.9. The summed E-state index contributed by atoms with van der Waals surface area (Å²) >= 11 is 0. The van der Waals surface area contributed by atoms with E-state index in [1.165, 1.54) is 250 Å². The summed E-state index contributed by atoms with van der Waals surface area (Å²) in [6, 6.07) is -0.625.